The van der Waals surface area contributed by atoms with Crippen molar-refractivity contribution in [1.82, 2.24) is 38.6 Å². The Labute approximate surface area is 321 Å². The van der Waals surface area contributed by atoms with Crippen molar-refractivity contribution in [2.45, 2.75) is 105 Å². The number of methoxy groups -OCH3 is 1. The summed E-state index contributed by atoms with van der Waals surface area (Å²) in [6.07, 6.45) is 7.09. The second kappa shape index (κ2) is 18.0. The van der Waals surface area contributed by atoms with Crippen LogP contribution in [0.25, 0.3) is 45.1 Å². The summed E-state index contributed by atoms with van der Waals surface area (Å²) in [5, 5.41) is 8.73. The van der Waals surface area contributed by atoms with Gasteiger partial charge in [0, 0.05) is 33.0 Å². The third-order valence-corrected chi connectivity index (χ3v) is 10.1. The number of hydrogen-bond donors (Lipinski definition) is 2. The van der Waals surface area contributed by atoms with E-state index in [1.54, 1.807) is 0 Å². The van der Waals surface area contributed by atoms with Crippen LogP contribution in [0.1, 0.15) is 86.5 Å². The molecule has 0 amide bonds. The van der Waals surface area contributed by atoms with Crippen molar-refractivity contribution in [3.05, 3.63) is 88.2 Å². The number of aliphatic carboxylic acids is 1. The van der Waals surface area contributed by atoms with Gasteiger partial charge >= 0.3 is 23.3 Å². The molecule has 0 fully saturated rings. The molecule has 0 radical (unpaired) electrons. The van der Waals surface area contributed by atoms with E-state index in [1.165, 1.54) is 14.2 Å². The smallest absolute Gasteiger partial charge is 0.352 e. The van der Waals surface area contributed by atoms with Gasteiger partial charge in [0.15, 0.2) is 23.0 Å². The van der Waals surface area contributed by atoms with Crippen molar-refractivity contribution in [1.29, 1.82) is 0 Å². The summed E-state index contributed by atoms with van der Waals surface area (Å²) in [6.45, 7) is 9.18. The molecule has 0 unspecified atom stereocenters. The van der Waals surface area contributed by atoms with E-state index in [-0.39, 0.29) is 23.8 Å². The Morgan fingerprint density at radius 1 is 0.661 bits per heavy atom. The van der Waals surface area contributed by atoms with Crippen molar-refractivity contribution in [3.8, 4) is 23.0 Å². The lowest BCUT2D eigenvalue weighted by Crippen LogP contribution is -2.36. The number of carbonyl (C=O) groups is 2. The fraction of sp³-hybridized carbons (Fsp3) is 0.450. The average molecular weight is 769 g/mol. The van der Waals surface area contributed by atoms with Crippen LogP contribution in [-0.2, 0) is 34.5 Å². The molecule has 16 heteroatoms. The molecule has 0 atom stereocenters. The van der Waals surface area contributed by atoms with Gasteiger partial charge in [0.2, 0.25) is 0 Å². The van der Waals surface area contributed by atoms with Gasteiger partial charge in [-0.3, -0.25) is 28.7 Å². The number of rotatable bonds is 14. The molecule has 0 aliphatic carbocycles. The van der Waals surface area contributed by atoms with E-state index in [2.05, 4.69) is 29.7 Å². The van der Waals surface area contributed by atoms with Gasteiger partial charge < -0.3 is 19.0 Å². The van der Waals surface area contributed by atoms with Gasteiger partial charge in [-0.1, -0.05) is 25.7 Å². The van der Waals surface area contributed by atoms with Crippen LogP contribution in [0.5, 0.6) is 0 Å². The SMILES string of the molecule is COC(=O)CCCCCCn1c2nc(=O)[nH]c(=O)c-2nc2cc(C)c(C)cc21.Cc1cc2nc3c(=O)n(C)c(=O)nc-3n(CCCCCCC(=O)O)c2cc1C. The van der Waals surface area contributed by atoms with E-state index in [4.69, 9.17) is 5.11 Å². The van der Waals surface area contributed by atoms with Crippen LogP contribution in [-0.4, -0.2) is 62.8 Å². The Kier molecular flexibility index (Phi) is 13.3. The van der Waals surface area contributed by atoms with Crippen molar-refractivity contribution >= 4 is 34.0 Å². The highest BCUT2D eigenvalue weighted by Crippen LogP contribution is 2.26. The molecular weight excluding hydrogens is 720 g/mol. The number of unbranched alkanes of at least 4 members (excludes halogenated alkanes) is 6. The highest BCUT2D eigenvalue weighted by Gasteiger charge is 2.21. The van der Waals surface area contributed by atoms with Crippen LogP contribution in [0.15, 0.2) is 43.4 Å². The molecular formula is C40H48N8O8. The van der Waals surface area contributed by atoms with Crippen LogP contribution in [0.2, 0.25) is 0 Å². The first kappa shape index (κ1) is 41.1. The number of carbonyl (C=O) groups excluding carboxylic acids is 1. The van der Waals surface area contributed by atoms with E-state index < -0.39 is 28.5 Å². The number of nitrogens with zero attached hydrogens (tertiary/aromatic N) is 7. The molecule has 0 saturated carbocycles. The minimum absolute atomic E-state index is 0.168. The minimum Gasteiger partial charge on any atom is -0.481 e. The molecule has 2 aromatic rings. The lowest BCUT2D eigenvalue weighted by atomic mass is 10.1. The van der Waals surface area contributed by atoms with E-state index in [0.29, 0.717) is 48.6 Å². The lowest BCUT2D eigenvalue weighted by Gasteiger charge is -2.18. The van der Waals surface area contributed by atoms with Crippen LogP contribution in [0.4, 0.5) is 0 Å². The zero-order valence-corrected chi connectivity index (χ0v) is 32.7. The molecule has 4 aliphatic rings. The van der Waals surface area contributed by atoms with Gasteiger partial charge in [0.1, 0.15) is 0 Å². The largest absolute Gasteiger partial charge is 0.481 e. The number of H-pyrrole nitrogens is 1. The van der Waals surface area contributed by atoms with E-state index >= 15 is 0 Å². The molecule has 0 bridgehead atoms. The Morgan fingerprint density at radius 3 is 1.68 bits per heavy atom. The predicted molar refractivity (Wildman–Crippen MR) is 211 cm³/mol. The fourth-order valence-corrected chi connectivity index (χ4v) is 6.57. The zero-order valence-electron chi connectivity index (χ0n) is 32.7. The number of hydrogen-bond acceptors (Lipinski definition) is 11. The highest BCUT2D eigenvalue weighted by molar-refractivity contribution is 5.82. The zero-order chi connectivity index (χ0) is 40.7. The van der Waals surface area contributed by atoms with Gasteiger partial charge in [-0.15, -0.1) is 0 Å². The number of esters is 1. The lowest BCUT2D eigenvalue weighted by molar-refractivity contribution is -0.141. The summed E-state index contributed by atoms with van der Waals surface area (Å²) in [5.74, 6) is -0.374. The van der Waals surface area contributed by atoms with E-state index in [9.17, 15) is 28.8 Å². The standard InChI is InChI=1S/2C20H24N4O4/c1-12-10-14-15(11-13(12)2)24(9-7-5-4-6-8-16(25)28-3)18-17(21-14)19(26)23-20(27)22-18;1-12-10-14-15(11-13(12)2)24(9-7-5-4-6-8-16(25)26)18-17(21-14)19(27)23(3)20(28)22-18/h10-11H,4-9H2,1-3H3,(H,23,26,27);10-11H,4-9H2,1-3H3,(H,25,26). The number of aryl methyl sites for hydroxylation is 6. The first-order valence-corrected chi connectivity index (χ1v) is 18.8. The molecule has 2 N–H and O–H groups in total. The monoisotopic (exact) mass is 768 g/mol. The molecule has 0 aromatic heterocycles. The molecule has 4 heterocycles. The van der Waals surface area contributed by atoms with Crippen molar-refractivity contribution in [2.24, 2.45) is 7.05 Å². The number of aromatic amines is 1. The van der Waals surface area contributed by atoms with E-state index in [1.807, 2.05) is 61.1 Å². The molecule has 0 saturated heterocycles. The summed E-state index contributed by atoms with van der Waals surface area (Å²) in [4.78, 5) is 89.7. The first-order valence-electron chi connectivity index (χ1n) is 18.8. The average Bonchev–Trinajstić information content (AvgIpc) is 3.15. The van der Waals surface area contributed by atoms with Gasteiger partial charge in [0.25, 0.3) is 11.1 Å². The van der Waals surface area contributed by atoms with Gasteiger partial charge in [-0.05, 0) is 99.9 Å². The third-order valence-electron chi connectivity index (χ3n) is 10.1. The third kappa shape index (κ3) is 9.41. The van der Waals surface area contributed by atoms with E-state index in [0.717, 1.165) is 82.8 Å². The normalized spacial score (nSPS) is 11.3. The fourth-order valence-electron chi connectivity index (χ4n) is 6.57. The molecule has 296 valence electrons. The summed E-state index contributed by atoms with van der Waals surface area (Å²) in [7, 11) is 2.79. The second-order valence-corrected chi connectivity index (χ2v) is 14.1. The maximum atomic E-state index is 12.6. The number of carboxylic acid groups (broad SMARTS) is 1. The topological polar surface area (TPSA) is 214 Å². The molecule has 2 aromatic carbocycles. The summed E-state index contributed by atoms with van der Waals surface area (Å²) in [5.41, 5.74) is 5.53. The maximum Gasteiger partial charge on any atom is 0.352 e. The van der Waals surface area contributed by atoms with Crippen molar-refractivity contribution < 1.29 is 19.4 Å². The minimum atomic E-state index is -0.783. The number of ether oxygens (including phenoxy) is 1. The van der Waals surface area contributed by atoms with Crippen molar-refractivity contribution in [3.63, 3.8) is 0 Å². The van der Waals surface area contributed by atoms with Crippen LogP contribution in [0.3, 0.4) is 0 Å². The number of fused-ring (bicyclic) bond motifs is 4. The number of aromatic nitrogens is 8. The van der Waals surface area contributed by atoms with Crippen LogP contribution >= 0.6 is 0 Å². The summed E-state index contributed by atoms with van der Waals surface area (Å²) < 4.78 is 9.41. The Hall–Kier alpha value is -6.06. The van der Waals surface area contributed by atoms with Gasteiger partial charge in [0.05, 0.1) is 29.2 Å². The Bertz CT molecular complexity index is 2590. The maximum absolute atomic E-state index is 12.6. The van der Waals surface area contributed by atoms with Crippen LogP contribution < -0.4 is 22.5 Å². The quantitative estimate of drug-likeness (QED) is 0.0886. The predicted octanol–water partition coefficient (Wildman–Crippen LogP) is 4.57. The van der Waals surface area contributed by atoms with Crippen molar-refractivity contribution in [2.75, 3.05) is 7.11 Å². The van der Waals surface area contributed by atoms with Gasteiger partial charge in [-0.2, -0.15) is 9.97 Å². The summed E-state index contributed by atoms with van der Waals surface area (Å²) in [6, 6.07) is 7.91. The van der Waals surface area contributed by atoms with Crippen LogP contribution in [0, 0.1) is 27.7 Å². The Balaban J connectivity index is 0.000000214. The number of nitrogens with one attached hydrogen (secondary N) is 1. The number of carboxylic acids is 1. The molecule has 56 heavy (non-hydrogen) atoms. The molecule has 16 nitrogen and oxygen atoms in total. The Morgan fingerprint density at radius 2 is 1.14 bits per heavy atom. The second-order valence-electron chi connectivity index (χ2n) is 14.1. The molecule has 4 aliphatic heterocycles. The highest BCUT2D eigenvalue weighted by atomic mass is 16.5. The number of benzene rings is 2. The summed E-state index contributed by atoms with van der Waals surface area (Å²) >= 11 is 0. The van der Waals surface area contributed by atoms with Gasteiger partial charge in [-0.25, -0.2) is 19.6 Å². The molecule has 0 spiro atoms. The molecule has 6 rings (SSSR count). The first-order chi connectivity index (χ1) is 26.7.